The summed E-state index contributed by atoms with van der Waals surface area (Å²) < 4.78 is 33.7. The summed E-state index contributed by atoms with van der Waals surface area (Å²) in [4.78, 5) is 0. The first-order valence-corrected chi connectivity index (χ1v) is 8.61. The molecule has 0 radical (unpaired) electrons. The van der Waals surface area contributed by atoms with E-state index in [2.05, 4.69) is 0 Å². The van der Waals surface area contributed by atoms with Crippen LogP contribution < -0.4 is 0 Å². The SMILES string of the molecule is CCCCOP(=O)(OCCC#N)OC[C@@H]1CC[C@H](C)O1. The Balaban J connectivity index is 2.39. The zero-order valence-electron chi connectivity index (χ0n) is 12.2. The molecule has 0 aromatic carbocycles. The summed E-state index contributed by atoms with van der Waals surface area (Å²) in [5.41, 5.74) is 0. The van der Waals surface area contributed by atoms with Crippen molar-refractivity contribution < 1.29 is 22.9 Å². The Hall–Kier alpha value is -0.440. The van der Waals surface area contributed by atoms with E-state index in [0.717, 1.165) is 25.7 Å². The van der Waals surface area contributed by atoms with Crippen molar-refractivity contribution >= 4 is 7.82 Å². The lowest BCUT2D eigenvalue weighted by Gasteiger charge is -2.19. The first-order chi connectivity index (χ1) is 9.59. The fourth-order valence-corrected chi connectivity index (χ4v) is 3.06. The van der Waals surface area contributed by atoms with Crippen molar-refractivity contribution in [1.82, 2.24) is 0 Å². The normalized spacial score (nSPS) is 25.2. The Bertz CT molecular complexity index is 357. The predicted octanol–water partition coefficient (Wildman–Crippen LogP) is 3.43. The summed E-state index contributed by atoms with van der Waals surface area (Å²) in [5, 5.41) is 8.49. The van der Waals surface area contributed by atoms with Gasteiger partial charge in [0.25, 0.3) is 0 Å². The van der Waals surface area contributed by atoms with Crippen molar-refractivity contribution in [3.05, 3.63) is 0 Å². The molecule has 1 saturated heterocycles. The van der Waals surface area contributed by atoms with Gasteiger partial charge in [-0.2, -0.15) is 5.26 Å². The summed E-state index contributed by atoms with van der Waals surface area (Å²) in [6.07, 6.45) is 3.88. The summed E-state index contributed by atoms with van der Waals surface area (Å²) in [5.74, 6) is 0. The third kappa shape index (κ3) is 6.83. The predicted molar refractivity (Wildman–Crippen MR) is 74.2 cm³/mol. The third-order valence-corrected chi connectivity index (χ3v) is 4.41. The minimum atomic E-state index is -3.58. The molecule has 0 aromatic rings. The van der Waals surface area contributed by atoms with Crippen LogP contribution in [-0.4, -0.2) is 32.0 Å². The van der Waals surface area contributed by atoms with Gasteiger partial charge in [0.2, 0.25) is 0 Å². The monoisotopic (exact) mass is 305 g/mol. The summed E-state index contributed by atoms with van der Waals surface area (Å²) >= 11 is 0. The Labute approximate surface area is 121 Å². The lowest BCUT2D eigenvalue weighted by molar-refractivity contribution is 0.0107. The van der Waals surface area contributed by atoms with Crippen LogP contribution in [0.4, 0.5) is 0 Å². The Morgan fingerprint density at radius 3 is 2.65 bits per heavy atom. The Morgan fingerprint density at radius 1 is 1.30 bits per heavy atom. The standard InChI is InChI=1S/C13H24NO5P/c1-3-4-9-16-20(15,17-10-5-8-14)18-11-13-7-6-12(2)19-13/h12-13H,3-7,9-11H2,1-2H3/t12-,13-,20?/m0/s1. The van der Waals surface area contributed by atoms with Gasteiger partial charge in [-0.3, -0.25) is 13.6 Å². The molecule has 1 fully saturated rings. The minimum Gasteiger partial charge on any atom is -0.373 e. The quantitative estimate of drug-likeness (QED) is 0.454. The number of nitrogens with zero attached hydrogens (tertiary/aromatic N) is 1. The number of hydrogen-bond donors (Lipinski definition) is 0. The molecular weight excluding hydrogens is 281 g/mol. The number of unbranched alkanes of at least 4 members (excludes halogenated alkanes) is 1. The Morgan fingerprint density at radius 2 is 2.05 bits per heavy atom. The van der Waals surface area contributed by atoms with E-state index >= 15 is 0 Å². The largest absolute Gasteiger partial charge is 0.474 e. The summed E-state index contributed by atoms with van der Waals surface area (Å²) in [6, 6.07) is 1.93. The first-order valence-electron chi connectivity index (χ1n) is 7.15. The van der Waals surface area contributed by atoms with Crippen LogP contribution >= 0.6 is 7.82 Å². The van der Waals surface area contributed by atoms with E-state index in [1.807, 2.05) is 19.9 Å². The molecular formula is C13H24NO5P. The molecule has 0 amide bonds. The van der Waals surface area contributed by atoms with Crippen LogP contribution in [0.5, 0.6) is 0 Å². The van der Waals surface area contributed by atoms with Gasteiger partial charge in [-0.05, 0) is 26.2 Å². The van der Waals surface area contributed by atoms with E-state index in [1.54, 1.807) is 0 Å². The highest BCUT2D eigenvalue weighted by atomic mass is 31.2. The molecule has 6 nitrogen and oxygen atoms in total. The average molecular weight is 305 g/mol. The van der Waals surface area contributed by atoms with Gasteiger partial charge in [-0.15, -0.1) is 0 Å². The van der Waals surface area contributed by atoms with Gasteiger partial charge in [0, 0.05) is 0 Å². The lowest BCUT2D eigenvalue weighted by Crippen LogP contribution is -2.16. The molecule has 0 aromatic heterocycles. The first kappa shape index (κ1) is 17.6. The molecule has 20 heavy (non-hydrogen) atoms. The number of rotatable bonds is 10. The van der Waals surface area contributed by atoms with Crippen molar-refractivity contribution in [3.63, 3.8) is 0 Å². The zero-order chi connectivity index (χ0) is 14.8. The highest BCUT2D eigenvalue weighted by molar-refractivity contribution is 7.48. The summed E-state index contributed by atoms with van der Waals surface area (Å²) in [7, 11) is -3.58. The molecule has 116 valence electrons. The van der Waals surface area contributed by atoms with Gasteiger partial charge in [-0.25, -0.2) is 4.57 Å². The molecule has 0 aliphatic carbocycles. The van der Waals surface area contributed by atoms with Crippen LogP contribution in [0.15, 0.2) is 0 Å². The van der Waals surface area contributed by atoms with E-state index in [9.17, 15) is 4.57 Å². The second-order valence-electron chi connectivity index (χ2n) is 4.82. The number of phosphoric ester groups is 1. The van der Waals surface area contributed by atoms with Gasteiger partial charge >= 0.3 is 7.82 Å². The molecule has 1 unspecified atom stereocenters. The second-order valence-corrected chi connectivity index (χ2v) is 6.49. The lowest BCUT2D eigenvalue weighted by atomic mass is 10.2. The smallest absolute Gasteiger partial charge is 0.373 e. The van der Waals surface area contributed by atoms with Crippen LogP contribution in [0.25, 0.3) is 0 Å². The molecule has 0 N–H and O–H groups in total. The maximum Gasteiger partial charge on any atom is 0.474 e. The van der Waals surface area contributed by atoms with Crippen LogP contribution in [0, 0.1) is 11.3 Å². The minimum absolute atomic E-state index is 0.0435. The van der Waals surface area contributed by atoms with Crippen molar-refractivity contribution in [2.45, 2.75) is 58.2 Å². The molecule has 1 aliphatic heterocycles. The molecule has 0 bridgehead atoms. The fourth-order valence-electron chi connectivity index (χ4n) is 1.82. The average Bonchev–Trinajstić information content (AvgIpc) is 2.83. The van der Waals surface area contributed by atoms with Crippen LogP contribution in [0.3, 0.4) is 0 Å². The van der Waals surface area contributed by atoms with Crippen LogP contribution in [0.1, 0.15) is 46.0 Å². The van der Waals surface area contributed by atoms with E-state index in [4.69, 9.17) is 23.6 Å². The highest BCUT2D eigenvalue weighted by Gasteiger charge is 2.30. The van der Waals surface area contributed by atoms with Gasteiger partial charge < -0.3 is 4.74 Å². The maximum absolute atomic E-state index is 12.4. The van der Waals surface area contributed by atoms with Crippen LogP contribution in [-0.2, 0) is 22.9 Å². The second kappa shape index (κ2) is 9.49. The summed E-state index contributed by atoms with van der Waals surface area (Å²) in [6.45, 7) is 4.57. The van der Waals surface area contributed by atoms with Gasteiger partial charge in [0.15, 0.2) is 0 Å². The van der Waals surface area contributed by atoms with E-state index < -0.39 is 7.82 Å². The van der Waals surface area contributed by atoms with E-state index in [1.165, 1.54) is 0 Å². The molecule has 1 rings (SSSR count). The number of ether oxygens (including phenoxy) is 1. The zero-order valence-corrected chi connectivity index (χ0v) is 13.1. The van der Waals surface area contributed by atoms with Gasteiger partial charge in [-0.1, -0.05) is 13.3 Å². The highest BCUT2D eigenvalue weighted by Crippen LogP contribution is 2.50. The van der Waals surface area contributed by atoms with E-state index in [-0.39, 0.29) is 31.8 Å². The van der Waals surface area contributed by atoms with Gasteiger partial charge in [0.1, 0.15) is 0 Å². The molecule has 1 heterocycles. The molecule has 1 aliphatic rings. The maximum atomic E-state index is 12.4. The molecule has 3 atom stereocenters. The topological polar surface area (TPSA) is 77.8 Å². The fraction of sp³-hybridized carbons (Fsp3) is 0.923. The number of hydrogen-bond acceptors (Lipinski definition) is 6. The number of nitriles is 1. The molecule has 0 spiro atoms. The number of phosphoric acid groups is 1. The van der Waals surface area contributed by atoms with Crippen molar-refractivity contribution in [2.75, 3.05) is 19.8 Å². The van der Waals surface area contributed by atoms with Gasteiger partial charge in [0.05, 0.1) is 44.5 Å². The van der Waals surface area contributed by atoms with Crippen molar-refractivity contribution in [3.8, 4) is 6.07 Å². The molecule has 0 saturated carbocycles. The van der Waals surface area contributed by atoms with Crippen molar-refractivity contribution in [2.24, 2.45) is 0 Å². The Kier molecular flexibility index (Phi) is 8.35. The van der Waals surface area contributed by atoms with E-state index in [0.29, 0.717) is 6.61 Å². The van der Waals surface area contributed by atoms with Crippen molar-refractivity contribution in [1.29, 1.82) is 5.26 Å². The third-order valence-electron chi connectivity index (χ3n) is 2.95. The van der Waals surface area contributed by atoms with Crippen LogP contribution in [0.2, 0.25) is 0 Å². The molecule has 7 heteroatoms.